The van der Waals surface area contributed by atoms with Crippen LogP contribution in [0.2, 0.25) is 0 Å². The summed E-state index contributed by atoms with van der Waals surface area (Å²) in [5, 5.41) is 0. The minimum atomic E-state index is 1.18. The fourth-order valence-electron chi connectivity index (χ4n) is 1.51. The number of hydrogen-bond donors (Lipinski definition) is 0. The summed E-state index contributed by atoms with van der Waals surface area (Å²) in [4.78, 5) is 0. The zero-order chi connectivity index (χ0) is 14.7. The molecule has 0 unspecified atom stereocenters. The van der Waals surface area contributed by atoms with Gasteiger partial charge in [0.2, 0.25) is 0 Å². The first-order chi connectivity index (χ1) is 9.11. The molecule has 0 saturated carbocycles. The molecule has 0 heteroatoms. The zero-order valence-electron chi connectivity index (χ0n) is 12.3. The van der Waals surface area contributed by atoms with Crippen LogP contribution in [0.15, 0.2) is 68.3 Å². The Labute approximate surface area is 118 Å². The van der Waals surface area contributed by atoms with Crippen molar-refractivity contribution in [2.75, 3.05) is 0 Å². The van der Waals surface area contributed by atoms with E-state index in [0.717, 1.165) is 0 Å². The summed E-state index contributed by atoms with van der Waals surface area (Å²) in [5.74, 6) is 0. The standard InChI is InChI=1S/C9H10.C8H10.C2H4/c1-3-9-6-4-8(2)5-7-9;1-7-4-3-5-8(2)6-7;1-2/h3-7H,1H2,2H3;3-6H,1-2H3;1-2H2. The SMILES string of the molecule is C=C.C=Cc1ccc(C)cc1.Cc1cccc(C)c1. The summed E-state index contributed by atoms with van der Waals surface area (Å²) in [6.45, 7) is 15.9. The average Bonchev–Trinajstić information content (AvgIpc) is 2.42. The first-order valence-corrected chi connectivity index (χ1v) is 6.34. The second-order valence-corrected chi connectivity index (χ2v) is 4.27. The summed E-state index contributed by atoms with van der Waals surface area (Å²) in [7, 11) is 0. The smallest absolute Gasteiger partial charge is 0.0262 e. The second-order valence-electron chi connectivity index (χ2n) is 4.27. The van der Waals surface area contributed by atoms with Crippen LogP contribution in [0.1, 0.15) is 22.3 Å². The van der Waals surface area contributed by atoms with Crippen molar-refractivity contribution in [3.05, 3.63) is 90.5 Å². The van der Waals surface area contributed by atoms with Crippen LogP contribution in [-0.2, 0) is 0 Å². The third-order valence-electron chi connectivity index (χ3n) is 2.49. The van der Waals surface area contributed by atoms with E-state index in [1.54, 1.807) is 0 Å². The lowest BCUT2D eigenvalue weighted by Crippen LogP contribution is -1.71. The molecule has 0 aliphatic carbocycles. The Morgan fingerprint density at radius 2 is 1.21 bits per heavy atom. The lowest BCUT2D eigenvalue weighted by Gasteiger charge is -1.91. The van der Waals surface area contributed by atoms with Gasteiger partial charge in [0.1, 0.15) is 0 Å². The molecular weight excluding hydrogens is 228 g/mol. The van der Waals surface area contributed by atoms with E-state index in [4.69, 9.17) is 0 Å². The van der Waals surface area contributed by atoms with Crippen molar-refractivity contribution in [3.8, 4) is 0 Å². The van der Waals surface area contributed by atoms with Gasteiger partial charge in [-0.05, 0) is 26.3 Å². The lowest BCUT2D eigenvalue weighted by atomic mass is 10.2. The summed E-state index contributed by atoms with van der Waals surface area (Å²) >= 11 is 0. The number of hydrogen-bond acceptors (Lipinski definition) is 0. The maximum Gasteiger partial charge on any atom is -0.0262 e. The van der Waals surface area contributed by atoms with E-state index in [0.29, 0.717) is 0 Å². The Morgan fingerprint density at radius 3 is 1.53 bits per heavy atom. The molecule has 0 aromatic heterocycles. The van der Waals surface area contributed by atoms with E-state index in [9.17, 15) is 0 Å². The van der Waals surface area contributed by atoms with Gasteiger partial charge >= 0.3 is 0 Å². The molecule has 100 valence electrons. The average molecular weight is 252 g/mol. The predicted molar refractivity (Wildman–Crippen MR) is 88.4 cm³/mol. The van der Waals surface area contributed by atoms with E-state index in [-0.39, 0.29) is 0 Å². The van der Waals surface area contributed by atoms with Crippen LogP contribution in [-0.4, -0.2) is 0 Å². The molecule has 19 heavy (non-hydrogen) atoms. The molecule has 0 fully saturated rings. The highest BCUT2D eigenvalue weighted by molar-refractivity contribution is 5.46. The third-order valence-corrected chi connectivity index (χ3v) is 2.49. The first kappa shape index (κ1) is 16.9. The molecule has 0 nitrogen and oxygen atoms in total. The molecular formula is C19H24. The largest absolute Gasteiger partial charge is 0.106 e. The van der Waals surface area contributed by atoms with Crippen LogP contribution in [0.4, 0.5) is 0 Å². The van der Waals surface area contributed by atoms with E-state index < -0.39 is 0 Å². The number of rotatable bonds is 1. The Balaban J connectivity index is 0.000000303. The molecule has 0 heterocycles. The van der Waals surface area contributed by atoms with Gasteiger partial charge in [0.15, 0.2) is 0 Å². The van der Waals surface area contributed by atoms with Crippen LogP contribution >= 0.6 is 0 Å². The molecule has 0 N–H and O–H groups in total. The Morgan fingerprint density at radius 1 is 0.737 bits per heavy atom. The van der Waals surface area contributed by atoms with Crippen LogP contribution < -0.4 is 0 Å². The molecule has 0 spiro atoms. The van der Waals surface area contributed by atoms with Gasteiger partial charge in [-0.1, -0.05) is 77.9 Å². The summed E-state index contributed by atoms with van der Waals surface area (Å²) in [6, 6.07) is 16.7. The van der Waals surface area contributed by atoms with Gasteiger partial charge in [-0.2, -0.15) is 0 Å². The maximum atomic E-state index is 3.66. The van der Waals surface area contributed by atoms with Crippen molar-refractivity contribution in [1.82, 2.24) is 0 Å². The lowest BCUT2D eigenvalue weighted by molar-refractivity contribution is 1.39. The fraction of sp³-hybridized carbons (Fsp3) is 0.158. The van der Waals surface area contributed by atoms with E-state index in [1.807, 2.05) is 6.08 Å². The van der Waals surface area contributed by atoms with Crippen molar-refractivity contribution in [2.24, 2.45) is 0 Å². The van der Waals surface area contributed by atoms with Gasteiger partial charge in [-0.15, -0.1) is 13.2 Å². The van der Waals surface area contributed by atoms with Crippen LogP contribution in [0.3, 0.4) is 0 Å². The Bertz CT molecular complexity index is 460. The molecule has 2 rings (SSSR count). The summed E-state index contributed by atoms with van der Waals surface area (Å²) < 4.78 is 0. The Kier molecular flexibility index (Phi) is 8.82. The highest BCUT2D eigenvalue weighted by Crippen LogP contribution is 2.02. The van der Waals surface area contributed by atoms with Crippen LogP contribution in [0, 0.1) is 20.8 Å². The monoisotopic (exact) mass is 252 g/mol. The first-order valence-electron chi connectivity index (χ1n) is 6.34. The van der Waals surface area contributed by atoms with Crippen LogP contribution in [0.5, 0.6) is 0 Å². The molecule has 2 aromatic carbocycles. The predicted octanol–water partition coefficient (Wildman–Crippen LogP) is 5.74. The van der Waals surface area contributed by atoms with E-state index in [1.165, 1.54) is 22.3 Å². The summed E-state index contributed by atoms with van der Waals surface area (Å²) in [5.41, 5.74) is 5.15. The third kappa shape index (κ3) is 7.77. The minimum absolute atomic E-state index is 1.18. The van der Waals surface area contributed by atoms with Gasteiger partial charge < -0.3 is 0 Å². The van der Waals surface area contributed by atoms with Gasteiger partial charge in [-0.25, -0.2) is 0 Å². The highest BCUT2D eigenvalue weighted by Gasteiger charge is 1.82. The van der Waals surface area contributed by atoms with Crippen LogP contribution in [0.25, 0.3) is 6.08 Å². The second kappa shape index (κ2) is 9.90. The molecule has 2 aromatic rings. The molecule has 0 amide bonds. The normalized spacial score (nSPS) is 8.37. The molecule has 0 aliphatic rings. The quantitative estimate of drug-likeness (QED) is 0.567. The topological polar surface area (TPSA) is 0 Å². The minimum Gasteiger partial charge on any atom is -0.106 e. The van der Waals surface area contributed by atoms with Crippen molar-refractivity contribution in [1.29, 1.82) is 0 Å². The van der Waals surface area contributed by atoms with Gasteiger partial charge in [0, 0.05) is 0 Å². The van der Waals surface area contributed by atoms with Crippen molar-refractivity contribution < 1.29 is 0 Å². The fourth-order valence-corrected chi connectivity index (χ4v) is 1.51. The molecule has 0 radical (unpaired) electrons. The van der Waals surface area contributed by atoms with Crippen molar-refractivity contribution in [3.63, 3.8) is 0 Å². The molecule has 0 saturated heterocycles. The number of aryl methyl sites for hydroxylation is 3. The van der Waals surface area contributed by atoms with Crippen molar-refractivity contribution in [2.45, 2.75) is 20.8 Å². The maximum absolute atomic E-state index is 3.66. The highest BCUT2D eigenvalue weighted by atomic mass is 13.9. The van der Waals surface area contributed by atoms with Crippen molar-refractivity contribution >= 4 is 6.08 Å². The van der Waals surface area contributed by atoms with E-state index in [2.05, 4.69) is 89.0 Å². The van der Waals surface area contributed by atoms with Gasteiger partial charge in [0.05, 0.1) is 0 Å². The molecule has 0 aliphatic heterocycles. The Hall–Kier alpha value is -2.08. The number of benzene rings is 2. The van der Waals surface area contributed by atoms with E-state index >= 15 is 0 Å². The summed E-state index contributed by atoms with van der Waals surface area (Å²) in [6.07, 6.45) is 1.85. The molecule has 0 bridgehead atoms. The molecule has 0 atom stereocenters. The van der Waals surface area contributed by atoms with Gasteiger partial charge in [-0.3, -0.25) is 0 Å². The van der Waals surface area contributed by atoms with Gasteiger partial charge in [0.25, 0.3) is 0 Å². The zero-order valence-corrected chi connectivity index (χ0v) is 12.3.